The molecule has 0 radical (unpaired) electrons. The molecule has 2 aromatic carbocycles. The lowest BCUT2D eigenvalue weighted by atomic mass is 10.1. The molecular formula is C18H18BrN3OS. The van der Waals surface area contributed by atoms with Gasteiger partial charge in [-0.2, -0.15) is 4.37 Å². The van der Waals surface area contributed by atoms with Crippen LogP contribution in [0.3, 0.4) is 0 Å². The number of amides is 1. The summed E-state index contributed by atoms with van der Waals surface area (Å²) in [4.78, 5) is 11.9. The lowest BCUT2D eigenvalue weighted by Gasteiger charge is -2.07. The Bertz CT molecular complexity index is 817. The highest BCUT2D eigenvalue weighted by molar-refractivity contribution is 9.10. The normalized spacial score (nSPS) is 10.7. The van der Waals surface area contributed by atoms with E-state index in [4.69, 9.17) is 0 Å². The van der Waals surface area contributed by atoms with E-state index in [1.165, 1.54) is 16.2 Å². The number of aromatic nitrogens is 1. The van der Waals surface area contributed by atoms with E-state index in [0.717, 1.165) is 34.2 Å². The molecule has 2 N–H and O–H groups in total. The molecule has 0 bridgehead atoms. The van der Waals surface area contributed by atoms with Gasteiger partial charge in [-0.15, -0.1) is 0 Å². The summed E-state index contributed by atoms with van der Waals surface area (Å²) in [5.74, 6) is 0.980. The fraction of sp³-hybridized carbons (Fsp3) is 0.222. The molecule has 1 aromatic heterocycles. The summed E-state index contributed by atoms with van der Waals surface area (Å²) in [6, 6.07) is 16.0. The first-order chi connectivity index (χ1) is 11.7. The molecule has 0 aliphatic carbocycles. The topological polar surface area (TPSA) is 54.0 Å². The van der Waals surface area contributed by atoms with Crippen LogP contribution in [0.2, 0.25) is 0 Å². The van der Waals surface area contributed by atoms with Crippen molar-refractivity contribution in [2.24, 2.45) is 0 Å². The number of benzene rings is 2. The van der Waals surface area contributed by atoms with Gasteiger partial charge in [0.2, 0.25) is 5.91 Å². The molecule has 0 spiro atoms. The molecule has 3 aromatic rings. The van der Waals surface area contributed by atoms with Crippen molar-refractivity contribution in [2.45, 2.75) is 12.8 Å². The molecule has 0 saturated carbocycles. The maximum atomic E-state index is 11.9. The predicted octanol–water partition coefficient (Wildman–Crippen LogP) is 4.22. The number of hydrogen-bond donors (Lipinski definition) is 2. The van der Waals surface area contributed by atoms with E-state index < -0.39 is 0 Å². The molecule has 1 amide bonds. The third kappa shape index (κ3) is 4.55. The molecule has 0 atom stereocenters. The van der Waals surface area contributed by atoms with Crippen LogP contribution < -0.4 is 10.6 Å². The smallest absolute Gasteiger partial charge is 0.224 e. The van der Waals surface area contributed by atoms with Gasteiger partial charge in [0, 0.05) is 22.9 Å². The lowest BCUT2D eigenvalue weighted by molar-refractivity contribution is -0.120. The minimum atomic E-state index is 0.0523. The summed E-state index contributed by atoms with van der Waals surface area (Å²) in [6.07, 6.45) is 1.27. The van der Waals surface area contributed by atoms with E-state index in [0.29, 0.717) is 13.0 Å². The quantitative estimate of drug-likeness (QED) is 0.580. The van der Waals surface area contributed by atoms with E-state index in [9.17, 15) is 4.79 Å². The monoisotopic (exact) mass is 403 g/mol. The number of carbonyl (C=O) groups excluding carboxylic acids is 1. The van der Waals surface area contributed by atoms with Gasteiger partial charge in [0.15, 0.2) is 0 Å². The van der Waals surface area contributed by atoms with Crippen molar-refractivity contribution >= 4 is 49.3 Å². The number of nitrogens with zero attached hydrogens (tertiary/aromatic N) is 1. The summed E-state index contributed by atoms with van der Waals surface area (Å²) in [6.45, 7) is 1.44. The zero-order valence-corrected chi connectivity index (χ0v) is 15.5. The van der Waals surface area contributed by atoms with Gasteiger partial charge < -0.3 is 10.6 Å². The van der Waals surface area contributed by atoms with Gasteiger partial charge in [-0.05, 0) is 47.8 Å². The van der Waals surface area contributed by atoms with Gasteiger partial charge in [0.25, 0.3) is 0 Å². The van der Waals surface area contributed by atoms with E-state index in [2.05, 4.69) is 43.1 Å². The van der Waals surface area contributed by atoms with Gasteiger partial charge >= 0.3 is 0 Å². The van der Waals surface area contributed by atoms with E-state index in [-0.39, 0.29) is 5.91 Å². The van der Waals surface area contributed by atoms with Crippen molar-refractivity contribution in [3.05, 3.63) is 58.6 Å². The first kappa shape index (κ1) is 16.9. The third-order valence-corrected chi connectivity index (χ3v) is 4.98. The average Bonchev–Trinajstić information content (AvgIpc) is 3.00. The standard InChI is InChI=1S/C18H18BrN3OS/c19-14-8-6-13(7-9-14)12-17(23)20-10-3-11-21-18-15-4-1-2-5-16(15)24-22-18/h1-2,4-9H,3,10-12H2,(H,20,23)(H,21,22). The second-order valence-corrected chi connectivity index (χ2v) is 7.18. The molecule has 0 saturated heterocycles. The Balaban J connectivity index is 1.38. The van der Waals surface area contributed by atoms with Gasteiger partial charge in [-0.3, -0.25) is 4.79 Å². The van der Waals surface area contributed by atoms with Gasteiger partial charge in [0.05, 0.1) is 11.1 Å². The van der Waals surface area contributed by atoms with Crippen molar-refractivity contribution in [3.63, 3.8) is 0 Å². The Kier molecular flexibility index (Phi) is 5.82. The molecule has 0 aliphatic heterocycles. The zero-order valence-electron chi connectivity index (χ0n) is 13.1. The van der Waals surface area contributed by atoms with Gasteiger partial charge in [-0.1, -0.05) is 40.2 Å². The highest BCUT2D eigenvalue weighted by Gasteiger charge is 2.05. The van der Waals surface area contributed by atoms with Crippen LogP contribution in [-0.2, 0) is 11.2 Å². The van der Waals surface area contributed by atoms with Crippen LogP contribution >= 0.6 is 27.5 Å². The molecule has 0 fully saturated rings. The number of rotatable bonds is 7. The van der Waals surface area contributed by atoms with Crippen LogP contribution in [0.15, 0.2) is 53.0 Å². The van der Waals surface area contributed by atoms with Crippen LogP contribution in [-0.4, -0.2) is 23.4 Å². The highest BCUT2D eigenvalue weighted by atomic mass is 79.9. The second kappa shape index (κ2) is 8.26. The minimum absolute atomic E-state index is 0.0523. The number of nitrogens with one attached hydrogen (secondary N) is 2. The van der Waals surface area contributed by atoms with Crippen molar-refractivity contribution in [3.8, 4) is 0 Å². The number of fused-ring (bicyclic) bond motifs is 1. The fourth-order valence-corrected chi connectivity index (χ4v) is 3.41. The molecule has 1 heterocycles. The lowest BCUT2D eigenvalue weighted by Crippen LogP contribution is -2.27. The van der Waals surface area contributed by atoms with Crippen LogP contribution in [0.5, 0.6) is 0 Å². The Labute approximate surface area is 153 Å². The van der Waals surface area contributed by atoms with Crippen molar-refractivity contribution < 1.29 is 4.79 Å². The summed E-state index contributed by atoms with van der Waals surface area (Å²) in [5.41, 5.74) is 1.02. The maximum absolute atomic E-state index is 11.9. The van der Waals surface area contributed by atoms with Gasteiger partial charge in [-0.25, -0.2) is 0 Å². The Morgan fingerprint density at radius 1 is 1.08 bits per heavy atom. The molecule has 6 heteroatoms. The number of anilines is 1. The van der Waals surface area contributed by atoms with E-state index in [1.807, 2.05) is 36.4 Å². The summed E-state index contributed by atoms with van der Waals surface area (Å²) in [7, 11) is 0. The largest absolute Gasteiger partial charge is 0.369 e. The SMILES string of the molecule is O=C(Cc1ccc(Br)cc1)NCCCNc1nsc2ccccc12. The molecule has 4 nitrogen and oxygen atoms in total. The minimum Gasteiger partial charge on any atom is -0.369 e. The summed E-state index contributed by atoms with van der Waals surface area (Å²) in [5, 5.41) is 7.45. The van der Waals surface area contributed by atoms with Crippen molar-refractivity contribution in [1.29, 1.82) is 0 Å². The van der Waals surface area contributed by atoms with Gasteiger partial charge in [0.1, 0.15) is 5.82 Å². The fourth-order valence-electron chi connectivity index (χ4n) is 2.39. The summed E-state index contributed by atoms with van der Waals surface area (Å²) >= 11 is 4.89. The molecular weight excluding hydrogens is 386 g/mol. The van der Waals surface area contributed by atoms with Crippen LogP contribution in [0.25, 0.3) is 10.1 Å². The Morgan fingerprint density at radius 2 is 1.88 bits per heavy atom. The zero-order chi connectivity index (χ0) is 16.8. The third-order valence-electron chi connectivity index (χ3n) is 3.62. The number of hydrogen-bond acceptors (Lipinski definition) is 4. The average molecular weight is 404 g/mol. The molecule has 124 valence electrons. The van der Waals surface area contributed by atoms with Crippen molar-refractivity contribution in [2.75, 3.05) is 18.4 Å². The first-order valence-corrected chi connectivity index (χ1v) is 9.38. The van der Waals surface area contributed by atoms with E-state index >= 15 is 0 Å². The highest BCUT2D eigenvalue weighted by Crippen LogP contribution is 2.25. The van der Waals surface area contributed by atoms with Crippen LogP contribution in [0, 0.1) is 0 Å². The summed E-state index contributed by atoms with van der Waals surface area (Å²) < 4.78 is 6.63. The molecule has 0 unspecified atom stereocenters. The first-order valence-electron chi connectivity index (χ1n) is 7.82. The molecule has 24 heavy (non-hydrogen) atoms. The van der Waals surface area contributed by atoms with Crippen LogP contribution in [0.4, 0.5) is 5.82 Å². The number of halogens is 1. The second-order valence-electron chi connectivity index (χ2n) is 5.46. The maximum Gasteiger partial charge on any atom is 0.224 e. The Hall–Kier alpha value is -1.92. The molecule has 0 aliphatic rings. The van der Waals surface area contributed by atoms with E-state index in [1.54, 1.807) is 0 Å². The molecule has 3 rings (SSSR count). The predicted molar refractivity (Wildman–Crippen MR) is 104 cm³/mol. The number of carbonyl (C=O) groups is 1. The van der Waals surface area contributed by atoms with Crippen LogP contribution in [0.1, 0.15) is 12.0 Å². The Morgan fingerprint density at radius 3 is 2.71 bits per heavy atom. The van der Waals surface area contributed by atoms with Crippen molar-refractivity contribution in [1.82, 2.24) is 9.69 Å².